The molecule has 1 aliphatic carbocycles. The third-order valence-electron chi connectivity index (χ3n) is 4.38. The van der Waals surface area contributed by atoms with E-state index in [4.69, 9.17) is 9.15 Å². The first-order valence-corrected chi connectivity index (χ1v) is 6.63. The van der Waals surface area contributed by atoms with Crippen LogP contribution in [0.2, 0.25) is 0 Å². The summed E-state index contributed by atoms with van der Waals surface area (Å²) in [5.41, 5.74) is 0.984. The summed E-state index contributed by atoms with van der Waals surface area (Å²) in [6, 6.07) is 1.86. The summed E-state index contributed by atoms with van der Waals surface area (Å²) in [5.74, 6) is 0.319. The van der Waals surface area contributed by atoms with E-state index in [2.05, 4.69) is 0 Å². The molecular weight excluding hydrogens is 216 g/mol. The molecular formula is C14H20O3. The van der Waals surface area contributed by atoms with Crippen LogP contribution in [0.3, 0.4) is 0 Å². The van der Waals surface area contributed by atoms with Crippen LogP contribution >= 0.6 is 0 Å². The van der Waals surface area contributed by atoms with E-state index in [0.717, 1.165) is 25.0 Å². The van der Waals surface area contributed by atoms with E-state index in [1.807, 2.05) is 6.07 Å². The third kappa shape index (κ3) is 2.14. The number of furan rings is 1. The van der Waals surface area contributed by atoms with Gasteiger partial charge in [-0.1, -0.05) is 12.8 Å². The summed E-state index contributed by atoms with van der Waals surface area (Å²) >= 11 is 0. The molecule has 1 aliphatic heterocycles. The molecule has 2 fully saturated rings. The van der Waals surface area contributed by atoms with Gasteiger partial charge in [0.2, 0.25) is 0 Å². The lowest BCUT2D eigenvalue weighted by Crippen LogP contribution is -2.39. The maximum Gasteiger partial charge on any atom is 0.0960 e. The van der Waals surface area contributed by atoms with Gasteiger partial charge in [0, 0.05) is 12.2 Å². The molecule has 2 unspecified atom stereocenters. The van der Waals surface area contributed by atoms with Gasteiger partial charge in [0.25, 0.3) is 0 Å². The summed E-state index contributed by atoms with van der Waals surface area (Å²) in [6.45, 7) is 0.791. The predicted molar refractivity (Wildman–Crippen MR) is 63.5 cm³/mol. The molecule has 0 aromatic carbocycles. The number of ether oxygens (including phenoxy) is 1. The highest BCUT2D eigenvalue weighted by Gasteiger charge is 2.42. The van der Waals surface area contributed by atoms with Crippen LogP contribution in [-0.2, 0) is 4.74 Å². The standard InChI is InChI=1S/C14H20O3/c15-13(12-3-7-16-10-12)11-4-8-17-14(9-11)5-1-2-6-14/h3,7,10-11,13,15H,1-2,4-6,8-9H2. The molecule has 1 aromatic heterocycles. The van der Waals surface area contributed by atoms with Crippen molar-refractivity contribution in [1.82, 2.24) is 0 Å². The van der Waals surface area contributed by atoms with Crippen molar-refractivity contribution in [2.24, 2.45) is 5.92 Å². The van der Waals surface area contributed by atoms with Crippen molar-refractivity contribution in [3.63, 3.8) is 0 Å². The average molecular weight is 236 g/mol. The molecule has 0 amide bonds. The van der Waals surface area contributed by atoms with Crippen molar-refractivity contribution in [2.45, 2.75) is 50.2 Å². The molecule has 2 aliphatic rings. The van der Waals surface area contributed by atoms with Crippen LogP contribution in [0.5, 0.6) is 0 Å². The highest BCUT2D eigenvalue weighted by atomic mass is 16.5. The quantitative estimate of drug-likeness (QED) is 0.858. The lowest BCUT2D eigenvalue weighted by Gasteiger charge is -2.39. The fourth-order valence-corrected chi connectivity index (χ4v) is 3.42. The molecule has 3 rings (SSSR count). The molecule has 17 heavy (non-hydrogen) atoms. The Labute approximate surface area is 102 Å². The highest BCUT2D eigenvalue weighted by molar-refractivity contribution is 5.11. The minimum Gasteiger partial charge on any atom is -0.472 e. The first kappa shape index (κ1) is 11.3. The first-order chi connectivity index (χ1) is 8.29. The highest BCUT2D eigenvalue weighted by Crippen LogP contribution is 2.45. The number of aliphatic hydroxyl groups excluding tert-OH is 1. The molecule has 1 saturated carbocycles. The van der Waals surface area contributed by atoms with Gasteiger partial charge in [-0.25, -0.2) is 0 Å². The molecule has 2 heterocycles. The van der Waals surface area contributed by atoms with Crippen LogP contribution in [0.15, 0.2) is 23.0 Å². The van der Waals surface area contributed by atoms with Gasteiger partial charge >= 0.3 is 0 Å². The molecule has 2 atom stereocenters. The Hall–Kier alpha value is -0.800. The Kier molecular flexibility index (Phi) is 2.97. The molecule has 1 spiro atoms. The van der Waals surface area contributed by atoms with E-state index in [1.165, 1.54) is 25.7 Å². The molecule has 1 N–H and O–H groups in total. The fourth-order valence-electron chi connectivity index (χ4n) is 3.42. The minimum atomic E-state index is -0.393. The lowest BCUT2D eigenvalue weighted by molar-refractivity contribution is -0.113. The van der Waals surface area contributed by atoms with Gasteiger partial charge in [-0.05, 0) is 37.7 Å². The van der Waals surface area contributed by atoms with Crippen molar-refractivity contribution >= 4 is 0 Å². The number of rotatable bonds is 2. The van der Waals surface area contributed by atoms with Crippen molar-refractivity contribution in [2.75, 3.05) is 6.61 Å². The molecule has 3 nitrogen and oxygen atoms in total. The molecule has 1 saturated heterocycles. The number of hydrogen-bond acceptors (Lipinski definition) is 3. The summed E-state index contributed by atoms with van der Waals surface area (Å²) in [6.07, 6.45) is 9.72. The third-order valence-corrected chi connectivity index (χ3v) is 4.38. The topological polar surface area (TPSA) is 42.6 Å². The number of hydrogen-bond donors (Lipinski definition) is 1. The summed E-state index contributed by atoms with van der Waals surface area (Å²) in [7, 11) is 0. The van der Waals surface area contributed by atoms with Gasteiger partial charge in [0.15, 0.2) is 0 Å². The van der Waals surface area contributed by atoms with E-state index >= 15 is 0 Å². The second-order valence-corrected chi connectivity index (χ2v) is 5.49. The summed E-state index contributed by atoms with van der Waals surface area (Å²) < 4.78 is 11.0. The largest absolute Gasteiger partial charge is 0.472 e. The van der Waals surface area contributed by atoms with Crippen molar-refractivity contribution in [3.8, 4) is 0 Å². The van der Waals surface area contributed by atoms with E-state index in [-0.39, 0.29) is 5.60 Å². The molecule has 1 aromatic rings. The Morgan fingerprint density at radius 1 is 1.35 bits per heavy atom. The Balaban J connectivity index is 1.71. The zero-order chi connectivity index (χ0) is 11.7. The lowest BCUT2D eigenvalue weighted by atomic mass is 9.80. The molecule has 0 radical (unpaired) electrons. The van der Waals surface area contributed by atoms with Crippen molar-refractivity contribution in [3.05, 3.63) is 24.2 Å². The van der Waals surface area contributed by atoms with Crippen LogP contribution in [-0.4, -0.2) is 17.3 Å². The van der Waals surface area contributed by atoms with E-state index in [0.29, 0.717) is 5.92 Å². The van der Waals surface area contributed by atoms with E-state index < -0.39 is 6.10 Å². The van der Waals surface area contributed by atoms with Gasteiger partial charge in [0.05, 0.1) is 24.2 Å². The normalized spacial score (nSPS) is 29.6. The van der Waals surface area contributed by atoms with Crippen LogP contribution in [0.4, 0.5) is 0 Å². The Morgan fingerprint density at radius 2 is 2.18 bits per heavy atom. The van der Waals surface area contributed by atoms with Crippen LogP contribution in [0.1, 0.15) is 50.2 Å². The second kappa shape index (κ2) is 4.46. The second-order valence-electron chi connectivity index (χ2n) is 5.49. The summed E-state index contributed by atoms with van der Waals surface area (Å²) in [4.78, 5) is 0. The maximum atomic E-state index is 10.4. The van der Waals surface area contributed by atoms with Crippen LogP contribution < -0.4 is 0 Å². The zero-order valence-corrected chi connectivity index (χ0v) is 10.1. The monoisotopic (exact) mass is 236 g/mol. The zero-order valence-electron chi connectivity index (χ0n) is 10.1. The van der Waals surface area contributed by atoms with Crippen molar-refractivity contribution < 1.29 is 14.3 Å². The predicted octanol–water partition coefficient (Wildman–Crippen LogP) is 3.05. The van der Waals surface area contributed by atoms with E-state index in [1.54, 1.807) is 12.5 Å². The number of aliphatic hydroxyl groups is 1. The van der Waals surface area contributed by atoms with Crippen LogP contribution in [0, 0.1) is 5.92 Å². The molecule has 94 valence electrons. The minimum absolute atomic E-state index is 0.0770. The van der Waals surface area contributed by atoms with Gasteiger partial charge < -0.3 is 14.3 Å². The maximum absolute atomic E-state index is 10.4. The first-order valence-electron chi connectivity index (χ1n) is 6.63. The van der Waals surface area contributed by atoms with Crippen LogP contribution in [0.25, 0.3) is 0 Å². The Bertz CT molecular complexity index is 352. The summed E-state index contributed by atoms with van der Waals surface area (Å²) in [5, 5.41) is 10.4. The SMILES string of the molecule is OC(c1ccoc1)C1CCOC2(CCCC2)C1. The van der Waals surface area contributed by atoms with Gasteiger partial charge in [-0.2, -0.15) is 0 Å². The smallest absolute Gasteiger partial charge is 0.0960 e. The fraction of sp³-hybridized carbons (Fsp3) is 0.714. The van der Waals surface area contributed by atoms with Gasteiger partial charge in [-0.15, -0.1) is 0 Å². The Morgan fingerprint density at radius 3 is 2.88 bits per heavy atom. The molecule has 3 heteroatoms. The van der Waals surface area contributed by atoms with Gasteiger partial charge in [-0.3, -0.25) is 0 Å². The van der Waals surface area contributed by atoms with E-state index in [9.17, 15) is 5.11 Å². The van der Waals surface area contributed by atoms with Gasteiger partial charge in [0.1, 0.15) is 0 Å². The molecule has 0 bridgehead atoms. The average Bonchev–Trinajstić information content (AvgIpc) is 3.00. The van der Waals surface area contributed by atoms with Crippen molar-refractivity contribution in [1.29, 1.82) is 0 Å².